The van der Waals surface area contributed by atoms with Crippen LogP contribution in [0, 0.1) is 6.92 Å². The molecule has 0 fully saturated rings. The van der Waals surface area contributed by atoms with E-state index >= 15 is 0 Å². The van der Waals surface area contributed by atoms with Crippen LogP contribution in [0.15, 0.2) is 23.2 Å². The van der Waals surface area contributed by atoms with Crippen LogP contribution in [-0.4, -0.2) is 12.3 Å². The first-order chi connectivity index (χ1) is 6.11. The zero-order chi connectivity index (χ0) is 9.84. The second-order valence-corrected chi connectivity index (χ2v) is 3.45. The average Bonchev–Trinajstić information content (AvgIpc) is 2.07. The standard InChI is InChI=1S/C11H16N2/c1-8(2)13-7-10-6-4-5-9(3)11(10)12/h4-8H,12H2,1-3H3. The molecule has 70 valence electrons. The summed E-state index contributed by atoms with van der Waals surface area (Å²) in [6.07, 6.45) is 1.84. The minimum atomic E-state index is 0.319. The van der Waals surface area contributed by atoms with Crippen molar-refractivity contribution in [1.82, 2.24) is 0 Å². The fraction of sp³-hybridized carbons (Fsp3) is 0.364. The van der Waals surface area contributed by atoms with E-state index in [-0.39, 0.29) is 0 Å². The van der Waals surface area contributed by atoms with E-state index in [9.17, 15) is 0 Å². The monoisotopic (exact) mass is 176 g/mol. The molecule has 0 spiro atoms. The van der Waals surface area contributed by atoms with Crippen LogP contribution in [0.2, 0.25) is 0 Å². The molecule has 0 unspecified atom stereocenters. The van der Waals surface area contributed by atoms with E-state index in [4.69, 9.17) is 5.73 Å². The van der Waals surface area contributed by atoms with Crippen molar-refractivity contribution in [2.24, 2.45) is 4.99 Å². The third kappa shape index (κ3) is 2.58. The van der Waals surface area contributed by atoms with Crippen molar-refractivity contribution >= 4 is 11.9 Å². The van der Waals surface area contributed by atoms with Gasteiger partial charge < -0.3 is 5.73 Å². The molecule has 1 aromatic carbocycles. The lowest BCUT2D eigenvalue weighted by Crippen LogP contribution is -1.97. The number of anilines is 1. The first-order valence-corrected chi connectivity index (χ1v) is 4.49. The Labute approximate surface area is 79.5 Å². The van der Waals surface area contributed by atoms with Crippen LogP contribution in [0.25, 0.3) is 0 Å². The molecule has 0 aliphatic heterocycles. The fourth-order valence-corrected chi connectivity index (χ4v) is 1.05. The zero-order valence-electron chi connectivity index (χ0n) is 8.41. The van der Waals surface area contributed by atoms with Gasteiger partial charge in [0.25, 0.3) is 0 Å². The normalized spacial score (nSPS) is 11.4. The van der Waals surface area contributed by atoms with E-state index in [1.807, 2.05) is 45.2 Å². The summed E-state index contributed by atoms with van der Waals surface area (Å²) in [5, 5.41) is 0. The van der Waals surface area contributed by atoms with Gasteiger partial charge in [0, 0.05) is 23.5 Å². The molecule has 0 amide bonds. The van der Waals surface area contributed by atoms with Crippen LogP contribution in [0.4, 0.5) is 5.69 Å². The zero-order valence-corrected chi connectivity index (χ0v) is 8.41. The summed E-state index contributed by atoms with van der Waals surface area (Å²) in [6.45, 7) is 6.09. The van der Waals surface area contributed by atoms with Gasteiger partial charge in [-0.3, -0.25) is 4.99 Å². The molecule has 0 saturated carbocycles. The van der Waals surface area contributed by atoms with Crippen molar-refractivity contribution in [3.8, 4) is 0 Å². The Hall–Kier alpha value is -1.31. The smallest absolute Gasteiger partial charge is 0.0443 e. The van der Waals surface area contributed by atoms with Crippen molar-refractivity contribution in [2.45, 2.75) is 26.8 Å². The number of benzene rings is 1. The molecule has 0 aliphatic carbocycles. The number of para-hydroxylation sites is 1. The lowest BCUT2D eigenvalue weighted by molar-refractivity contribution is 0.841. The van der Waals surface area contributed by atoms with Crippen molar-refractivity contribution in [2.75, 3.05) is 5.73 Å². The second kappa shape index (κ2) is 4.08. The Morgan fingerprint density at radius 1 is 1.38 bits per heavy atom. The highest BCUT2D eigenvalue weighted by Crippen LogP contribution is 2.14. The minimum absolute atomic E-state index is 0.319. The van der Waals surface area contributed by atoms with Gasteiger partial charge in [-0.05, 0) is 26.3 Å². The van der Waals surface area contributed by atoms with E-state index in [1.165, 1.54) is 0 Å². The largest absolute Gasteiger partial charge is 0.398 e. The van der Waals surface area contributed by atoms with Gasteiger partial charge >= 0.3 is 0 Å². The van der Waals surface area contributed by atoms with Gasteiger partial charge in [-0.1, -0.05) is 18.2 Å². The molecular formula is C11H16N2. The first-order valence-electron chi connectivity index (χ1n) is 4.49. The predicted molar refractivity (Wildman–Crippen MR) is 58.3 cm³/mol. The molecule has 0 aliphatic rings. The number of nitrogens with zero attached hydrogens (tertiary/aromatic N) is 1. The lowest BCUT2D eigenvalue weighted by Gasteiger charge is -2.03. The lowest BCUT2D eigenvalue weighted by atomic mass is 10.1. The molecule has 0 radical (unpaired) electrons. The molecular weight excluding hydrogens is 160 g/mol. The van der Waals surface area contributed by atoms with Crippen molar-refractivity contribution in [3.63, 3.8) is 0 Å². The van der Waals surface area contributed by atoms with E-state index < -0.39 is 0 Å². The summed E-state index contributed by atoms with van der Waals surface area (Å²) in [4.78, 5) is 4.29. The number of aryl methyl sites for hydroxylation is 1. The molecule has 0 heterocycles. The molecule has 2 N–H and O–H groups in total. The van der Waals surface area contributed by atoms with Crippen LogP contribution in [-0.2, 0) is 0 Å². The summed E-state index contributed by atoms with van der Waals surface area (Å²) in [6, 6.07) is 6.30. The molecule has 2 nitrogen and oxygen atoms in total. The van der Waals surface area contributed by atoms with Crippen LogP contribution >= 0.6 is 0 Å². The van der Waals surface area contributed by atoms with Crippen LogP contribution in [0.5, 0.6) is 0 Å². The quantitative estimate of drug-likeness (QED) is 0.545. The Morgan fingerprint density at radius 3 is 2.69 bits per heavy atom. The Morgan fingerprint density at radius 2 is 2.08 bits per heavy atom. The van der Waals surface area contributed by atoms with E-state index in [0.29, 0.717) is 6.04 Å². The Bertz CT molecular complexity index is 314. The second-order valence-electron chi connectivity index (χ2n) is 3.45. The Balaban J connectivity index is 2.95. The molecule has 0 saturated heterocycles. The molecule has 0 atom stereocenters. The summed E-state index contributed by atoms with van der Waals surface area (Å²) < 4.78 is 0. The number of aliphatic imine (C=N–C) groups is 1. The highest BCUT2D eigenvalue weighted by molar-refractivity contribution is 5.87. The third-order valence-corrected chi connectivity index (χ3v) is 1.87. The number of nitrogens with two attached hydrogens (primary N) is 1. The summed E-state index contributed by atoms with van der Waals surface area (Å²) in [5.74, 6) is 0. The van der Waals surface area contributed by atoms with E-state index in [1.54, 1.807) is 0 Å². The van der Waals surface area contributed by atoms with E-state index in [0.717, 1.165) is 16.8 Å². The van der Waals surface area contributed by atoms with Crippen molar-refractivity contribution in [3.05, 3.63) is 29.3 Å². The Kier molecular flexibility index (Phi) is 3.07. The van der Waals surface area contributed by atoms with Gasteiger partial charge in [0.1, 0.15) is 0 Å². The van der Waals surface area contributed by atoms with Crippen molar-refractivity contribution in [1.29, 1.82) is 0 Å². The van der Waals surface area contributed by atoms with Crippen LogP contribution in [0.3, 0.4) is 0 Å². The molecule has 13 heavy (non-hydrogen) atoms. The molecule has 0 bridgehead atoms. The van der Waals surface area contributed by atoms with Crippen molar-refractivity contribution < 1.29 is 0 Å². The third-order valence-electron chi connectivity index (χ3n) is 1.87. The number of rotatable bonds is 2. The van der Waals surface area contributed by atoms with Gasteiger partial charge in [-0.25, -0.2) is 0 Å². The molecule has 2 heteroatoms. The first kappa shape index (κ1) is 9.78. The molecule has 1 rings (SSSR count). The summed E-state index contributed by atoms with van der Waals surface area (Å²) in [7, 11) is 0. The fourth-order valence-electron chi connectivity index (χ4n) is 1.05. The SMILES string of the molecule is Cc1cccc(C=NC(C)C)c1N. The summed E-state index contributed by atoms with van der Waals surface area (Å²) >= 11 is 0. The van der Waals surface area contributed by atoms with Crippen LogP contribution in [0.1, 0.15) is 25.0 Å². The minimum Gasteiger partial charge on any atom is -0.398 e. The summed E-state index contributed by atoms with van der Waals surface area (Å²) in [5.41, 5.74) is 8.82. The highest BCUT2D eigenvalue weighted by Gasteiger charge is 1.97. The van der Waals surface area contributed by atoms with E-state index in [2.05, 4.69) is 4.99 Å². The predicted octanol–water partition coefficient (Wildman–Crippen LogP) is 2.40. The van der Waals surface area contributed by atoms with Gasteiger partial charge in [0.2, 0.25) is 0 Å². The number of hydrogen-bond acceptors (Lipinski definition) is 2. The van der Waals surface area contributed by atoms with Gasteiger partial charge in [-0.15, -0.1) is 0 Å². The number of nitrogen functional groups attached to an aromatic ring is 1. The number of hydrogen-bond donors (Lipinski definition) is 1. The van der Waals surface area contributed by atoms with Gasteiger partial charge in [0.05, 0.1) is 0 Å². The van der Waals surface area contributed by atoms with Crippen LogP contribution < -0.4 is 5.73 Å². The average molecular weight is 176 g/mol. The highest BCUT2D eigenvalue weighted by atomic mass is 14.7. The van der Waals surface area contributed by atoms with Gasteiger partial charge in [-0.2, -0.15) is 0 Å². The molecule has 0 aromatic heterocycles. The maximum Gasteiger partial charge on any atom is 0.0443 e. The van der Waals surface area contributed by atoms with Gasteiger partial charge in [0.15, 0.2) is 0 Å². The maximum absolute atomic E-state index is 5.88. The topological polar surface area (TPSA) is 38.4 Å². The maximum atomic E-state index is 5.88. The molecule has 1 aromatic rings.